The van der Waals surface area contributed by atoms with E-state index in [1.54, 1.807) is 19.2 Å². The number of hydrogen-bond acceptors (Lipinski definition) is 8. The molecule has 10 heteroatoms. The van der Waals surface area contributed by atoms with Crippen LogP contribution < -0.4 is 10.6 Å². The maximum Gasteiger partial charge on any atom is 0.414 e. The molecule has 0 aliphatic carbocycles. The van der Waals surface area contributed by atoms with Gasteiger partial charge in [0.1, 0.15) is 5.00 Å². The Labute approximate surface area is 128 Å². The maximum absolute atomic E-state index is 11.9. The quantitative estimate of drug-likeness (QED) is 0.875. The molecule has 0 saturated heterocycles. The van der Waals surface area contributed by atoms with E-state index < -0.39 is 17.9 Å². The van der Waals surface area contributed by atoms with Crippen molar-refractivity contribution in [3.05, 3.63) is 28.7 Å². The average Bonchev–Trinajstić information content (AvgIpc) is 3.07. The zero-order valence-electron chi connectivity index (χ0n) is 11.7. The van der Waals surface area contributed by atoms with Crippen LogP contribution in [0, 0.1) is 6.92 Å². The third kappa shape index (κ3) is 3.67. The molecule has 0 bridgehead atoms. The molecule has 22 heavy (non-hydrogen) atoms. The van der Waals surface area contributed by atoms with Crippen LogP contribution in [0.15, 0.2) is 16.0 Å². The number of amides is 3. The van der Waals surface area contributed by atoms with Crippen LogP contribution in [0.1, 0.15) is 33.8 Å². The zero-order chi connectivity index (χ0) is 16.1. The molecule has 0 aliphatic heterocycles. The van der Waals surface area contributed by atoms with Gasteiger partial charge in [-0.2, -0.15) is 4.98 Å². The van der Waals surface area contributed by atoms with Gasteiger partial charge in [0.15, 0.2) is 0 Å². The van der Waals surface area contributed by atoms with Gasteiger partial charge in [0.2, 0.25) is 5.89 Å². The highest BCUT2D eigenvalue weighted by Crippen LogP contribution is 2.23. The molecule has 2 rings (SSSR count). The van der Waals surface area contributed by atoms with E-state index in [1.165, 1.54) is 6.07 Å². The smallest absolute Gasteiger partial charge is 0.414 e. The van der Waals surface area contributed by atoms with Crippen LogP contribution in [0.4, 0.5) is 9.80 Å². The number of thiophene rings is 1. The van der Waals surface area contributed by atoms with Gasteiger partial charge in [-0.1, -0.05) is 5.16 Å². The lowest BCUT2D eigenvalue weighted by Gasteiger charge is -2.05. The van der Waals surface area contributed by atoms with Crippen LogP contribution in [-0.4, -0.2) is 34.7 Å². The van der Waals surface area contributed by atoms with Gasteiger partial charge in [0.25, 0.3) is 17.6 Å². The number of aryl methyl sites for hydroxylation is 1. The minimum Gasteiger partial charge on any atom is -0.450 e. The summed E-state index contributed by atoms with van der Waals surface area (Å²) in [6.07, 6.45) is -0.857. The predicted octanol–water partition coefficient (Wildman–Crippen LogP) is 1.58. The summed E-state index contributed by atoms with van der Waals surface area (Å²) in [5.74, 6) is -1.21. The van der Waals surface area contributed by atoms with Crippen molar-refractivity contribution in [2.75, 3.05) is 11.9 Å². The lowest BCUT2D eigenvalue weighted by molar-refractivity contribution is 0.0926. The lowest BCUT2D eigenvalue weighted by atomic mass is 10.3. The topological polar surface area (TPSA) is 123 Å². The minimum absolute atomic E-state index is 0.131. The summed E-state index contributed by atoms with van der Waals surface area (Å²) in [5, 5.41) is 9.86. The molecule has 2 aromatic rings. The minimum atomic E-state index is -0.857. The molecule has 0 radical (unpaired) electrons. The van der Waals surface area contributed by atoms with Crippen molar-refractivity contribution in [2.24, 2.45) is 0 Å². The molecule has 0 atom stereocenters. The molecular weight excluding hydrogens is 312 g/mol. The van der Waals surface area contributed by atoms with Gasteiger partial charge >= 0.3 is 6.09 Å². The third-order valence-electron chi connectivity index (χ3n) is 2.36. The molecular formula is C12H12N4O5S. The Morgan fingerprint density at radius 3 is 2.77 bits per heavy atom. The Morgan fingerprint density at radius 1 is 1.36 bits per heavy atom. The van der Waals surface area contributed by atoms with Gasteiger partial charge in [-0.05, 0) is 18.4 Å². The van der Waals surface area contributed by atoms with Gasteiger partial charge in [0.05, 0.1) is 12.2 Å². The van der Waals surface area contributed by atoms with E-state index in [9.17, 15) is 14.4 Å². The molecule has 0 aromatic carbocycles. The summed E-state index contributed by atoms with van der Waals surface area (Å²) in [4.78, 5) is 38.9. The highest BCUT2D eigenvalue weighted by molar-refractivity contribution is 7.14. The second-order valence-corrected chi connectivity index (χ2v) is 4.85. The van der Waals surface area contributed by atoms with E-state index >= 15 is 0 Å². The number of alkyl carbamates (subject to hydrolysis) is 1. The molecule has 116 valence electrons. The number of carbonyl (C=O) groups excluding carboxylic acids is 3. The summed E-state index contributed by atoms with van der Waals surface area (Å²) in [6.45, 7) is 3.31. The number of ether oxygens (including phenoxy) is 1. The van der Waals surface area contributed by atoms with Gasteiger partial charge in [-0.25, -0.2) is 4.79 Å². The molecule has 9 nitrogen and oxygen atoms in total. The van der Waals surface area contributed by atoms with Crippen molar-refractivity contribution in [1.82, 2.24) is 15.5 Å². The first kappa shape index (κ1) is 15.6. The Bertz CT molecular complexity index is 708. The molecule has 2 aromatic heterocycles. The SMILES string of the molecule is CCOC(=O)NC(=O)c1ccsc1NC(=O)c1noc(C)n1. The summed E-state index contributed by atoms with van der Waals surface area (Å²) in [6, 6.07) is 1.47. The van der Waals surface area contributed by atoms with E-state index in [2.05, 4.69) is 20.2 Å². The fraction of sp³-hybridized carbons (Fsp3) is 0.250. The lowest BCUT2D eigenvalue weighted by Crippen LogP contribution is -2.31. The second-order valence-electron chi connectivity index (χ2n) is 3.93. The van der Waals surface area contributed by atoms with Gasteiger partial charge in [-0.15, -0.1) is 11.3 Å². The molecule has 0 aliphatic rings. The summed E-state index contributed by atoms with van der Waals surface area (Å²) < 4.78 is 9.32. The molecule has 0 unspecified atom stereocenters. The highest BCUT2D eigenvalue weighted by Gasteiger charge is 2.20. The fourth-order valence-corrected chi connectivity index (χ4v) is 2.24. The molecule has 2 heterocycles. The van der Waals surface area contributed by atoms with E-state index in [1.807, 2.05) is 5.32 Å². The van der Waals surface area contributed by atoms with E-state index in [0.717, 1.165) is 11.3 Å². The van der Waals surface area contributed by atoms with Crippen molar-refractivity contribution >= 4 is 34.2 Å². The summed E-state index contributed by atoms with van der Waals surface area (Å²) in [5.41, 5.74) is 0.131. The Kier molecular flexibility index (Phi) is 4.84. The number of aromatic nitrogens is 2. The first-order valence-corrected chi connectivity index (χ1v) is 7.06. The maximum atomic E-state index is 11.9. The highest BCUT2D eigenvalue weighted by atomic mass is 32.1. The number of nitrogens with one attached hydrogen (secondary N) is 2. The van der Waals surface area contributed by atoms with Crippen LogP contribution in [0.5, 0.6) is 0 Å². The van der Waals surface area contributed by atoms with Crippen LogP contribution in [0.3, 0.4) is 0 Å². The molecule has 0 spiro atoms. The summed E-state index contributed by atoms with van der Waals surface area (Å²) >= 11 is 1.12. The Balaban J connectivity index is 2.07. The molecule has 2 N–H and O–H groups in total. The second kappa shape index (κ2) is 6.80. The van der Waals surface area contributed by atoms with Crippen molar-refractivity contribution in [3.63, 3.8) is 0 Å². The molecule has 3 amide bonds. The number of rotatable bonds is 4. The van der Waals surface area contributed by atoms with Crippen LogP contribution in [-0.2, 0) is 4.74 Å². The van der Waals surface area contributed by atoms with Gasteiger partial charge in [0, 0.05) is 6.92 Å². The van der Waals surface area contributed by atoms with Crippen molar-refractivity contribution in [2.45, 2.75) is 13.8 Å². The van der Waals surface area contributed by atoms with Crippen molar-refractivity contribution in [1.29, 1.82) is 0 Å². The van der Waals surface area contributed by atoms with Crippen LogP contribution in [0.25, 0.3) is 0 Å². The van der Waals surface area contributed by atoms with Crippen molar-refractivity contribution < 1.29 is 23.6 Å². The van der Waals surface area contributed by atoms with E-state index in [0.29, 0.717) is 0 Å². The number of nitrogens with zero attached hydrogens (tertiary/aromatic N) is 2. The fourth-order valence-electron chi connectivity index (χ4n) is 1.46. The third-order valence-corrected chi connectivity index (χ3v) is 3.19. The van der Waals surface area contributed by atoms with Gasteiger partial charge < -0.3 is 14.6 Å². The number of anilines is 1. The normalized spacial score (nSPS) is 10.1. The van der Waals surface area contributed by atoms with E-state index in [4.69, 9.17) is 4.52 Å². The van der Waals surface area contributed by atoms with Crippen LogP contribution >= 0.6 is 11.3 Å². The number of imide groups is 1. The zero-order valence-corrected chi connectivity index (χ0v) is 12.5. The first-order valence-electron chi connectivity index (χ1n) is 6.18. The Hall–Kier alpha value is -2.75. The molecule has 0 saturated carbocycles. The Morgan fingerprint density at radius 2 is 2.14 bits per heavy atom. The molecule has 0 fully saturated rings. The predicted molar refractivity (Wildman–Crippen MR) is 75.8 cm³/mol. The number of hydrogen-bond donors (Lipinski definition) is 2. The standard InChI is InChI=1S/C12H12N4O5S/c1-3-20-12(19)15-9(17)7-4-5-22-11(7)14-10(18)8-13-6(2)21-16-8/h4-5H,3H2,1-2H3,(H,14,18)(H,15,17,19). The van der Waals surface area contributed by atoms with Crippen LogP contribution in [0.2, 0.25) is 0 Å². The monoisotopic (exact) mass is 324 g/mol. The van der Waals surface area contributed by atoms with Gasteiger partial charge in [-0.3, -0.25) is 14.9 Å². The summed E-state index contributed by atoms with van der Waals surface area (Å²) in [7, 11) is 0. The number of carbonyl (C=O) groups is 3. The van der Waals surface area contributed by atoms with E-state index in [-0.39, 0.29) is 28.9 Å². The first-order chi connectivity index (χ1) is 10.5. The largest absolute Gasteiger partial charge is 0.450 e. The average molecular weight is 324 g/mol. The van der Waals surface area contributed by atoms with Crippen molar-refractivity contribution in [3.8, 4) is 0 Å².